The van der Waals surface area contributed by atoms with Gasteiger partial charge in [0.1, 0.15) is 0 Å². The number of anilines is 1. The highest BCUT2D eigenvalue weighted by Gasteiger charge is 1.94. The van der Waals surface area contributed by atoms with E-state index in [2.05, 4.69) is 29.2 Å². The lowest BCUT2D eigenvalue weighted by Gasteiger charge is -2.12. The number of nitrogens with one attached hydrogen (secondary N) is 1. The molecular weight excluding hydrogens is 198 g/mol. The molecule has 0 aliphatic heterocycles. The van der Waals surface area contributed by atoms with Crippen molar-refractivity contribution in [3.8, 4) is 0 Å². The normalized spacial score (nSPS) is 11.9. The van der Waals surface area contributed by atoms with Crippen LogP contribution in [-0.4, -0.2) is 37.4 Å². The Morgan fingerprint density at radius 1 is 1.31 bits per heavy atom. The lowest BCUT2D eigenvalue weighted by molar-refractivity contribution is 0.363. The number of hydrogen-bond acceptors (Lipinski definition) is 2. The third-order valence-corrected chi connectivity index (χ3v) is 2.47. The van der Waals surface area contributed by atoms with Crippen molar-refractivity contribution in [1.29, 1.82) is 0 Å². The Kier molecular flexibility index (Phi) is 5.57. The van der Waals surface area contributed by atoms with Crippen molar-refractivity contribution in [1.82, 2.24) is 4.90 Å². The minimum atomic E-state index is 0.843. The van der Waals surface area contributed by atoms with E-state index in [-0.39, 0.29) is 0 Å². The second-order valence-electron chi connectivity index (χ2n) is 3.85. The van der Waals surface area contributed by atoms with Gasteiger partial charge in [0.05, 0.1) is 12.4 Å². The summed E-state index contributed by atoms with van der Waals surface area (Å²) in [6.45, 7) is 7.07. The average Bonchev–Trinajstić information content (AvgIpc) is 2.30. The molecule has 0 fully saturated rings. The first-order chi connectivity index (χ1) is 7.72. The van der Waals surface area contributed by atoms with Crippen molar-refractivity contribution < 1.29 is 0 Å². The molecule has 0 unspecified atom stereocenters. The van der Waals surface area contributed by atoms with Gasteiger partial charge in [0.25, 0.3) is 0 Å². The van der Waals surface area contributed by atoms with Crippen LogP contribution in [0.1, 0.15) is 13.8 Å². The summed E-state index contributed by atoms with van der Waals surface area (Å²) in [6.07, 6.45) is 0. The number of rotatable bonds is 5. The number of aliphatic imine (C=N–C) groups is 1. The second kappa shape index (κ2) is 7.01. The topological polar surface area (TPSA) is 27.6 Å². The zero-order valence-corrected chi connectivity index (χ0v) is 10.4. The number of amidine groups is 1. The molecule has 0 aliphatic carbocycles. The highest BCUT2D eigenvalue weighted by atomic mass is 15.1. The van der Waals surface area contributed by atoms with Gasteiger partial charge in [0.2, 0.25) is 0 Å². The van der Waals surface area contributed by atoms with Crippen molar-refractivity contribution >= 4 is 11.5 Å². The number of nitrogens with zero attached hydrogens (tertiary/aromatic N) is 2. The Morgan fingerprint density at radius 2 is 2.00 bits per heavy atom. The SMILES string of the molecule is CCN(C)CC/N=C(\C)Nc1ccccc1. The lowest BCUT2D eigenvalue weighted by atomic mass is 10.3. The molecule has 1 aromatic carbocycles. The predicted octanol–water partition coefficient (Wildman–Crippen LogP) is 2.47. The molecular formula is C13H21N3. The van der Waals surface area contributed by atoms with Gasteiger partial charge in [0.15, 0.2) is 0 Å². The molecule has 0 aliphatic rings. The summed E-state index contributed by atoms with van der Waals surface area (Å²) in [5.74, 6) is 0.968. The number of benzene rings is 1. The fourth-order valence-corrected chi connectivity index (χ4v) is 1.32. The van der Waals surface area contributed by atoms with E-state index in [0.29, 0.717) is 0 Å². The van der Waals surface area contributed by atoms with E-state index in [4.69, 9.17) is 0 Å². The first-order valence-corrected chi connectivity index (χ1v) is 5.74. The van der Waals surface area contributed by atoms with Gasteiger partial charge in [-0.25, -0.2) is 0 Å². The highest BCUT2D eigenvalue weighted by Crippen LogP contribution is 2.04. The molecule has 1 aromatic rings. The summed E-state index contributed by atoms with van der Waals surface area (Å²) in [5, 5.41) is 3.27. The summed E-state index contributed by atoms with van der Waals surface area (Å²) >= 11 is 0. The molecule has 1 N–H and O–H groups in total. The van der Waals surface area contributed by atoms with Crippen LogP contribution in [0.2, 0.25) is 0 Å². The molecule has 0 aromatic heterocycles. The third-order valence-electron chi connectivity index (χ3n) is 2.47. The maximum atomic E-state index is 4.47. The van der Waals surface area contributed by atoms with Crippen LogP contribution in [0.5, 0.6) is 0 Å². The van der Waals surface area contributed by atoms with Gasteiger partial charge in [0, 0.05) is 12.2 Å². The molecule has 1 rings (SSSR count). The van der Waals surface area contributed by atoms with E-state index in [9.17, 15) is 0 Å². The molecule has 88 valence electrons. The van der Waals surface area contributed by atoms with Gasteiger partial charge in [-0.2, -0.15) is 0 Å². The molecule has 3 heteroatoms. The number of para-hydroxylation sites is 1. The monoisotopic (exact) mass is 219 g/mol. The van der Waals surface area contributed by atoms with Crippen LogP contribution in [0.15, 0.2) is 35.3 Å². The molecule has 0 radical (unpaired) electrons. The molecule has 0 bridgehead atoms. The summed E-state index contributed by atoms with van der Waals surface area (Å²) in [6, 6.07) is 10.1. The van der Waals surface area contributed by atoms with Crippen LogP contribution in [0.3, 0.4) is 0 Å². The molecule has 3 nitrogen and oxygen atoms in total. The summed E-state index contributed by atoms with van der Waals surface area (Å²) < 4.78 is 0. The molecule has 16 heavy (non-hydrogen) atoms. The quantitative estimate of drug-likeness (QED) is 0.608. The first kappa shape index (κ1) is 12.7. The van der Waals surface area contributed by atoms with Gasteiger partial charge in [-0.05, 0) is 32.6 Å². The minimum Gasteiger partial charge on any atom is -0.344 e. The molecule has 0 saturated heterocycles. The van der Waals surface area contributed by atoms with E-state index in [1.165, 1.54) is 0 Å². The Hall–Kier alpha value is -1.35. The lowest BCUT2D eigenvalue weighted by Crippen LogP contribution is -2.21. The van der Waals surface area contributed by atoms with E-state index < -0.39 is 0 Å². The largest absolute Gasteiger partial charge is 0.344 e. The standard InChI is InChI=1S/C13H21N3/c1-4-16(3)11-10-14-12(2)15-13-8-6-5-7-9-13/h5-9H,4,10-11H2,1-3H3,(H,14,15). The zero-order valence-electron chi connectivity index (χ0n) is 10.4. The maximum absolute atomic E-state index is 4.47. The van der Waals surface area contributed by atoms with Gasteiger partial charge in [-0.15, -0.1) is 0 Å². The second-order valence-corrected chi connectivity index (χ2v) is 3.85. The van der Waals surface area contributed by atoms with Gasteiger partial charge in [-0.3, -0.25) is 4.99 Å². The summed E-state index contributed by atoms with van der Waals surface area (Å²) in [7, 11) is 2.11. The Bertz CT molecular complexity index is 319. The molecule has 0 atom stereocenters. The van der Waals surface area contributed by atoms with Gasteiger partial charge >= 0.3 is 0 Å². The van der Waals surface area contributed by atoms with Crippen molar-refractivity contribution in [3.05, 3.63) is 30.3 Å². The van der Waals surface area contributed by atoms with Crippen LogP contribution in [0.25, 0.3) is 0 Å². The van der Waals surface area contributed by atoms with E-state index in [1.807, 2.05) is 37.3 Å². The fourth-order valence-electron chi connectivity index (χ4n) is 1.32. The van der Waals surface area contributed by atoms with E-state index in [0.717, 1.165) is 31.2 Å². The first-order valence-electron chi connectivity index (χ1n) is 5.74. The summed E-state index contributed by atoms with van der Waals surface area (Å²) in [5.41, 5.74) is 1.09. The Balaban J connectivity index is 2.34. The van der Waals surface area contributed by atoms with Crippen molar-refractivity contribution in [3.63, 3.8) is 0 Å². The van der Waals surface area contributed by atoms with Crippen LogP contribution < -0.4 is 5.32 Å². The zero-order chi connectivity index (χ0) is 11.8. The van der Waals surface area contributed by atoms with Gasteiger partial charge < -0.3 is 10.2 Å². The van der Waals surface area contributed by atoms with Crippen LogP contribution in [0.4, 0.5) is 5.69 Å². The van der Waals surface area contributed by atoms with Crippen molar-refractivity contribution in [2.45, 2.75) is 13.8 Å². The van der Waals surface area contributed by atoms with E-state index in [1.54, 1.807) is 0 Å². The van der Waals surface area contributed by atoms with Crippen molar-refractivity contribution in [2.24, 2.45) is 4.99 Å². The third kappa shape index (κ3) is 4.94. The highest BCUT2D eigenvalue weighted by molar-refractivity contribution is 5.93. The minimum absolute atomic E-state index is 0.843. The van der Waals surface area contributed by atoms with Crippen LogP contribution in [-0.2, 0) is 0 Å². The van der Waals surface area contributed by atoms with Gasteiger partial charge in [-0.1, -0.05) is 25.1 Å². The molecule has 0 saturated carbocycles. The fraction of sp³-hybridized carbons (Fsp3) is 0.462. The molecule has 0 amide bonds. The number of hydrogen-bond donors (Lipinski definition) is 1. The Labute approximate surface area is 98.2 Å². The molecule has 0 spiro atoms. The smallest absolute Gasteiger partial charge is 0.0976 e. The Morgan fingerprint density at radius 3 is 2.62 bits per heavy atom. The van der Waals surface area contributed by atoms with E-state index >= 15 is 0 Å². The molecule has 0 heterocycles. The van der Waals surface area contributed by atoms with Crippen LogP contribution in [0, 0.1) is 0 Å². The predicted molar refractivity (Wildman–Crippen MR) is 71.2 cm³/mol. The van der Waals surface area contributed by atoms with Crippen LogP contribution >= 0.6 is 0 Å². The number of likely N-dealkylation sites (N-methyl/N-ethyl adjacent to an activating group) is 1. The summed E-state index contributed by atoms with van der Waals surface area (Å²) in [4.78, 5) is 6.72. The average molecular weight is 219 g/mol. The maximum Gasteiger partial charge on any atom is 0.0976 e. The van der Waals surface area contributed by atoms with Crippen molar-refractivity contribution in [2.75, 3.05) is 32.0 Å².